The van der Waals surface area contributed by atoms with E-state index in [0.29, 0.717) is 13.0 Å². The highest BCUT2D eigenvalue weighted by molar-refractivity contribution is 9.09. The molecule has 0 aliphatic carbocycles. The predicted octanol–water partition coefficient (Wildman–Crippen LogP) is 3.83. The Kier molecular flexibility index (Phi) is 7.56. The summed E-state index contributed by atoms with van der Waals surface area (Å²) in [6.07, 6.45) is 8.90. The molecule has 1 rings (SSSR count). The average Bonchev–Trinajstić information content (AvgIpc) is 2.65. The molecule has 3 amide bonds. The van der Waals surface area contributed by atoms with Crippen molar-refractivity contribution in [3.63, 3.8) is 0 Å². The van der Waals surface area contributed by atoms with Crippen molar-refractivity contribution in [2.45, 2.75) is 70.8 Å². The minimum absolute atomic E-state index is 0.0673. The molecular formula is C15H27BrN2O2. The van der Waals surface area contributed by atoms with Crippen molar-refractivity contribution >= 4 is 27.9 Å². The highest BCUT2D eigenvalue weighted by Gasteiger charge is 2.45. The van der Waals surface area contributed by atoms with Crippen molar-refractivity contribution in [1.82, 2.24) is 10.2 Å². The first-order valence-electron chi connectivity index (χ1n) is 7.75. The van der Waals surface area contributed by atoms with Gasteiger partial charge in [0.15, 0.2) is 0 Å². The number of amides is 3. The maximum atomic E-state index is 12.1. The Bertz CT molecular complexity index is 336. The third kappa shape index (κ3) is 4.76. The van der Waals surface area contributed by atoms with Crippen LogP contribution in [0.3, 0.4) is 0 Å². The molecule has 1 saturated heterocycles. The zero-order valence-corrected chi connectivity index (χ0v) is 14.3. The van der Waals surface area contributed by atoms with Crippen LogP contribution < -0.4 is 5.32 Å². The summed E-state index contributed by atoms with van der Waals surface area (Å²) in [4.78, 5) is 25.3. The maximum Gasteiger partial charge on any atom is 0.325 e. The highest BCUT2D eigenvalue weighted by Crippen LogP contribution is 2.21. The minimum Gasteiger partial charge on any atom is -0.323 e. The summed E-state index contributed by atoms with van der Waals surface area (Å²) in [5.74, 6) is -0.0673. The van der Waals surface area contributed by atoms with E-state index in [-0.39, 0.29) is 11.9 Å². The van der Waals surface area contributed by atoms with Crippen LogP contribution in [0.15, 0.2) is 0 Å². The van der Waals surface area contributed by atoms with Crippen LogP contribution in [0.25, 0.3) is 0 Å². The lowest BCUT2D eigenvalue weighted by molar-refractivity contribution is -0.130. The first-order valence-corrected chi connectivity index (χ1v) is 8.87. The first-order chi connectivity index (χ1) is 9.55. The highest BCUT2D eigenvalue weighted by atomic mass is 79.9. The molecule has 116 valence electrons. The number of hydrogen-bond donors (Lipinski definition) is 1. The molecule has 0 bridgehead atoms. The normalized spacial score (nSPS) is 22.4. The van der Waals surface area contributed by atoms with Gasteiger partial charge >= 0.3 is 6.03 Å². The lowest BCUT2D eigenvalue weighted by Gasteiger charge is -2.19. The number of imide groups is 1. The summed E-state index contributed by atoms with van der Waals surface area (Å²) in [6.45, 7) is 4.29. The van der Waals surface area contributed by atoms with E-state index in [0.717, 1.165) is 18.2 Å². The molecule has 1 aliphatic rings. The average molecular weight is 347 g/mol. The number of nitrogens with one attached hydrogen (secondary N) is 1. The smallest absolute Gasteiger partial charge is 0.323 e. The number of rotatable bonds is 10. The quantitative estimate of drug-likeness (QED) is 0.371. The van der Waals surface area contributed by atoms with Crippen LogP contribution >= 0.6 is 15.9 Å². The molecule has 1 fully saturated rings. The molecule has 4 nitrogen and oxygen atoms in total. The van der Waals surface area contributed by atoms with Gasteiger partial charge in [-0.3, -0.25) is 9.69 Å². The Morgan fingerprint density at radius 1 is 1.05 bits per heavy atom. The number of nitrogens with zero attached hydrogens (tertiary/aromatic N) is 1. The second-order valence-electron chi connectivity index (χ2n) is 5.74. The summed E-state index contributed by atoms with van der Waals surface area (Å²) in [6, 6.07) is -0.225. The number of halogens is 1. The van der Waals surface area contributed by atoms with Gasteiger partial charge in [-0.15, -0.1) is 0 Å². The Balaban J connectivity index is 2.16. The largest absolute Gasteiger partial charge is 0.325 e. The van der Waals surface area contributed by atoms with Crippen LogP contribution in [0.4, 0.5) is 4.79 Å². The predicted molar refractivity (Wildman–Crippen MR) is 85.1 cm³/mol. The summed E-state index contributed by atoms with van der Waals surface area (Å²) >= 11 is 3.43. The van der Waals surface area contributed by atoms with Gasteiger partial charge < -0.3 is 5.32 Å². The maximum absolute atomic E-state index is 12.1. The van der Waals surface area contributed by atoms with Gasteiger partial charge in [-0.1, -0.05) is 55.0 Å². The van der Waals surface area contributed by atoms with Crippen LogP contribution in [-0.2, 0) is 4.79 Å². The number of urea groups is 1. The van der Waals surface area contributed by atoms with Crippen LogP contribution in [0.5, 0.6) is 0 Å². The number of carbonyl (C=O) groups excluding carboxylic acids is 2. The van der Waals surface area contributed by atoms with Gasteiger partial charge in [0.1, 0.15) is 5.54 Å². The van der Waals surface area contributed by atoms with Gasteiger partial charge in [-0.25, -0.2) is 4.79 Å². The van der Waals surface area contributed by atoms with E-state index < -0.39 is 5.54 Å². The Morgan fingerprint density at radius 3 is 2.10 bits per heavy atom. The second kappa shape index (κ2) is 8.65. The van der Waals surface area contributed by atoms with Crippen molar-refractivity contribution in [1.29, 1.82) is 0 Å². The van der Waals surface area contributed by atoms with Crippen LogP contribution in [-0.4, -0.2) is 34.3 Å². The monoisotopic (exact) mass is 346 g/mol. The fourth-order valence-corrected chi connectivity index (χ4v) is 2.83. The van der Waals surface area contributed by atoms with Crippen molar-refractivity contribution in [2.24, 2.45) is 0 Å². The van der Waals surface area contributed by atoms with E-state index >= 15 is 0 Å². The van der Waals surface area contributed by atoms with Crippen molar-refractivity contribution in [3.05, 3.63) is 0 Å². The molecule has 0 spiro atoms. The molecule has 0 aromatic heterocycles. The van der Waals surface area contributed by atoms with E-state index in [9.17, 15) is 9.59 Å². The fraction of sp³-hybridized carbons (Fsp3) is 0.867. The van der Waals surface area contributed by atoms with Gasteiger partial charge in [0.25, 0.3) is 5.91 Å². The lowest BCUT2D eigenvalue weighted by Crippen LogP contribution is -2.43. The summed E-state index contributed by atoms with van der Waals surface area (Å²) in [5.41, 5.74) is -0.688. The SMILES string of the molecule is CCC1(C)NC(=O)N(CCCCCCCCCBr)C1=O. The first kappa shape index (κ1) is 17.5. The number of alkyl halides is 1. The fourth-order valence-electron chi connectivity index (χ4n) is 2.44. The van der Waals surface area contributed by atoms with Crippen molar-refractivity contribution in [2.75, 3.05) is 11.9 Å². The van der Waals surface area contributed by atoms with E-state index in [1.165, 1.54) is 37.0 Å². The molecular weight excluding hydrogens is 320 g/mol. The lowest BCUT2D eigenvalue weighted by atomic mass is 9.99. The van der Waals surface area contributed by atoms with Gasteiger partial charge in [-0.2, -0.15) is 0 Å². The van der Waals surface area contributed by atoms with Gasteiger partial charge in [0.2, 0.25) is 0 Å². The zero-order valence-electron chi connectivity index (χ0n) is 12.7. The summed E-state index contributed by atoms with van der Waals surface area (Å²) in [5, 5.41) is 3.88. The molecule has 1 unspecified atom stereocenters. The molecule has 20 heavy (non-hydrogen) atoms. The summed E-state index contributed by atoms with van der Waals surface area (Å²) in [7, 11) is 0. The molecule has 0 aromatic rings. The Hall–Kier alpha value is -0.580. The van der Waals surface area contributed by atoms with Crippen LogP contribution in [0.2, 0.25) is 0 Å². The van der Waals surface area contributed by atoms with Crippen LogP contribution in [0, 0.1) is 0 Å². The number of carbonyl (C=O) groups is 2. The zero-order chi connectivity index (χ0) is 15.0. The Morgan fingerprint density at radius 2 is 1.60 bits per heavy atom. The topological polar surface area (TPSA) is 49.4 Å². The number of unbranched alkanes of at least 4 members (excludes halogenated alkanes) is 6. The van der Waals surface area contributed by atoms with Crippen molar-refractivity contribution in [3.8, 4) is 0 Å². The van der Waals surface area contributed by atoms with Gasteiger partial charge in [0.05, 0.1) is 0 Å². The second-order valence-corrected chi connectivity index (χ2v) is 6.53. The molecule has 1 N–H and O–H groups in total. The standard InChI is InChI=1S/C15H27BrN2O2/c1-3-15(2)13(19)18(14(20)17-15)12-10-8-6-4-5-7-9-11-16/h3-12H2,1-2H3,(H,17,20). The molecule has 0 saturated carbocycles. The molecule has 1 atom stereocenters. The molecule has 1 heterocycles. The number of hydrogen-bond acceptors (Lipinski definition) is 2. The van der Waals surface area contributed by atoms with E-state index in [1.807, 2.05) is 6.92 Å². The minimum atomic E-state index is -0.688. The van der Waals surface area contributed by atoms with E-state index in [1.54, 1.807) is 6.92 Å². The Labute approximate surface area is 130 Å². The summed E-state index contributed by atoms with van der Waals surface area (Å²) < 4.78 is 0. The van der Waals surface area contributed by atoms with Gasteiger partial charge in [-0.05, 0) is 26.2 Å². The van der Waals surface area contributed by atoms with Crippen molar-refractivity contribution < 1.29 is 9.59 Å². The molecule has 5 heteroatoms. The molecule has 1 aliphatic heterocycles. The van der Waals surface area contributed by atoms with Gasteiger partial charge in [0, 0.05) is 11.9 Å². The third-order valence-electron chi connectivity index (χ3n) is 4.07. The third-order valence-corrected chi connectivity index (χ3v) is 4.63. The molecule has 0 radical (unpaired) electrons. The van der Waals surface area contributed by atoms with E-state index in [2.05, 4.69) is 21.2 Å². The van der Waals surface area contributed by atoms with E-state index in [4.69, 9.17) is 0 Å². The molecule has 0 aromatic carbocycles. The van der Waals surface area contributed by atoms with Crippen LogP contribution in [0.1, 0.15) is 65.2 Å².